The van der Waals surface area contributed by atoms with Gasteiger partial charge in [0.1, 0.15) is 0 Å². The van der Waals surface area contributed by atoms with Crippen LogP contribution in [-0.4, -0.2) is 35.9 Å². The molecule has 4 heteroatoms. The van der Waals surface area contributed by atoms with Crippen LogP contribution < -0.4 is 5.32 Å². The fourth-order valence-electron chi connectivity index (χ4n) is 2.97. The Kier molecular flexibility index (Phi) is 4.02. The smallest absolute Gasteiger partial charge is 0.223 e. The van der Waals surface area contributed by atoms with Gasteiger partial charge in [0.15, 0.2) is 0 Å². The van der Waals surface area contributed by atoms with E-state index in [4.69, 9.17) is 4.74 Å². The van der Waals surface area contributed by atoms with Gasteiger partial charge >= 0.3 is 0 Å². The molecule has 4 nitrogen and oxygen atoms in total. The van der Waals surface area contributed by atoms with Gasteiger partial charge in [0, 0.05) is 30.9 Å². The summed E-state index contributed by atoms with van der Waals surface area (Å²) in [5.74, 6) is 0.101. The molecule has 108 valence electrons. The zero-order chi connectivity index (χ0) is 14.1. The summed E-state index contributed by atoms with van der Waals surface area (Å²) in [5, 5.41) is 13.5. The lowest BCUT2D eigenvalue weighted by atomic mass is 9.56. The maximum absolute atomic E-state index is 12.0. The maximum Gasteiger partial charge on any atom is 0.223 e. The molecule has 2 aliphatic rings. The fraction of sp³-hybridized carbons (Fsp3) is 0.800. The molecule has 2 atom stereocenters. The Morgan fingerprint density at radius 1 is 1.42 bits per heavy atom. The number of nitrogens with one attached hydrogen (secondary N) is 1. The number of hydrogen-bond donors (Lipinski definition) is 2. The molecule has 1 amide bonds. The van der Waals surface area contributed by atoms with Crippen molar-refractivity contribution in [1.29, 1.82) is 0 Å². The minimum Gasteiger partial charge on any atom is -0.387 e. The average Bonchev–Trinajstić information content (AvgIpc) is 2.89. The summed E-state index contributed by atoms with van der Waals surface area (Å²) < 4.78 is 5.61. The summed E-state index contributed by atoms with van der Waals surface area (Å²) in [6, 6.07) is 0. The first kappa shape index (κ1) is 14.5. The van der Waals surface area contributed by atoms with Gasteiger partial charge < -0.3 is 15.2 Å². The van der Waals surface area contributed by atoms with Gasteiger partial charge in [0.05, 0.1) is 11.7 Å². The quantitative estimate of drug-likeness (QED) is 0.744. The van der Waals surface area contributed by atoms with Crippen molar-refractivity contribution in [2.45, 2.75) is 51.7 Å². The van der Waals surface area contributed by atoms with Crippen LogP contribution in [0.15, 0.2) is 12.2 Å². The van der Waals surface area contributed by atoms with Crippen molar-refractivity contribution >= 4 is 5.91 Å². The van der Waals surface area contributed by atoms with Crippen LogP contribution in [-0.2, 0) is 9.53 Å². The lowest BCUT2D eigenvalue weighted by Crippen LogP contribution is -2.68. The van der Waals surface area contributed by atoms with Crippen LogP contribution >= 0.6 is 0 Å². The number of carbonyl (C=O) groups excluding carboxylic acids is 1. The van der Waals surface area contributed by atoms with Gasteiger partial charge in [0.25, 0.3) is 0 Å². The predicted molar refractivity (Wildman–Crippen MR) is 73.6 cm³/mol. The van der Waals surface area contributed by atoms with Gasteiger partial charge in [-0.1, -0.05) is 26.0 Å². The van der Waals surface area contributed by atoms with E-state index in [0.29, 0.717) is 19.6 Å². The van der Waals surface area contributed by atoms with E-state index in [1.807, 2.05) is 32.9 Å². The topological polar surface area (TPSA) is 58.6 Å². The largest absolute Gasteiger partial charge is 0.387 e. The van der Waals surface area contributed by atoms with E-state index in [1.165, 1.54) is 0 Å². The van der Waals surface area contributed by atoms with E-state index in [2.05, 4.69) is 5.32 Å². The Balaban J connectivity index is 1.84. The van der Waals surface area contributed by atoms with Crippen LogP contribution in [0.3, 0.4) is 0 Å². The number of rotatable bonds is 5. The molecule has 0 aliphatic heterocycles. The van der Waals surface area contributed by atoms with Gasteiger partial charge in [-0.15, -0.1) is 0 Å². The van der Waals surface area contributed by atoms with Gasteiger partial charge in [-0.05, 0) is 19.8 Å². The Labute approximate surface area is 115 Å². The highest BCUT2D eigenvalue weighted by Crippen LogP contribution is 2.50. The molecule has 1 saturated carbocycles. The third-order valence-corrected chi connectivity index (χ3v) is 4.83. The van der Waals surface area contributed by atoms with Crippen molar-refractivity contribution in [2.75, 3.05) is 13.2 Å². The molecule has 0 aromatic carbocycles. The SMILES string of the molecule is CCOC1CC(O)(CNC(=O)C2CC=CC2)C1(C)C. The van der Waals surface area contributed by atoms with E-state index in [-0.39, 0.29) is 23.3 Å². The molecule has 0 heterocycles. The van der Waals surface area contributed by atoms with E-state index < -0.39 is 5.60 Å². The molecular weight excluding hydrogens is 242 g/mol. The van der Waals surface area contributed by atoms with Crippen LogP contribution in [0.4, 0.5) is 0 Å². The normalized spacial score (nSPS) is 33.2. The van der Waals surface area contributed by atoms with E-state index >= 15 is 0 Å². The Morgan fingerprint density at radius 2 is 2.05 bits per heavy atom. The van der Waals surface area contributed by atoms with Crippen molar-refractivity contribution in [3.63, 3.8) is 0 Å². The summed E-state index contributed by atoms with van der Waals surface area (Å²) >= 11 is 0. The van der Waals surface area contributed by atoms with Crippen LogP contribution in [0.2, 0.25) is 0 Å². The molecule has 0 bridgehead atoms. The molecule has 0 aromatic rings. The number of allylic oxidation sites excluding steroid dienone is 2. The Morgan fingerprint density at radius 3 is 2.58 bits per heavy atom. The summed E-state index contributed by atoms with van der Waals surface area (Å²) in [4.78, 5) is 12.0. The lowest BCUT2D eigenvalue weighted by Gasteiger charge is -2.58. The first-order valence-electron chi connectivity index (χ1n) is 7.17. The zero-order valence-electron chi connectivity index (χ0n) is 12.1. The second-order valence-corrected chi connectivity index (χ2v) is 6.26. The summed E-state index contributed by atoms with van der Waals surface area (Å²) in [6.07, 6.45) is 6.38. The van der Waals surface area contributed by atoms with Crippen molar-refractivity contribution < 1.29 is 14.6 Å². The third-order valence-electron chi connectivity index (χ3n) is 4.83. The number of hydrogen-bond acceptors (Lipinski definition) is 3. The molecule has 2 aliphatic carbocycles. The maximum atomic E-state index is 12.0. The minimum atomic E-state index is -0.853. The fourth-order valence-corrected chi connectivity index (χ4v) is 2.97. The number of ether oxygens (including phenoxy) is 1. The second kappa shape index (κ2) is 5.25. The molecule has 2 rings (SSSR count). The first-order chi connectivity index (χ1) is 8.90. The van der Waals surface area contributed by atoms with Gasteiger partial charge in [-0.2, -0.15) is 0 Å². The molecule has 0 saturated heterocycles. The van der Waals surface area contributed by atoms with Crippen molar-refractivity contribution in [3.8, 4) is 0 Å². The van der Waals surface area contributed by atoms with E-state index in [0.717, 1.165) is 12.8 Å². The second-order valence-electron chi connectivity index (χ2n) is 6.26. The van der Waals surface area contributed by atoms with Crippen LogP contribution in [0.5, 0.6) is 0 Å². The highest BCUT2D eigenvalue weighted by atomic mass is 16.5. The molecule has 19 heavy (non-hydrogen) atoms. The van der Waals surface area contributed by atoms with Gasteiger partial charge in [0.2, 0.25) is 5.91 Å². The third kappa shape index (κ3) is 2.56. The van der Waals surface area contributed by atoms with E-state index in [1.54, 1.807) is 0 Å². The van der Waals surface area contributed by atoms with Crippen molar-refractivity contribution in [1.82, 2.24) is 5.32 Å². The standard InChI is InChI=1S/C15H25NO3/c1-4-19-12-9-15(18,14(12,2)3)10-16-13(17)11-7-5-6-8-11/h5-6,11-12,18H,4,7-10H2,1-3H3,(H,16,17). The summed E-state index contributed by atoms with van der Waals surface area (Å²) in [6.45, 7) is 6.94. The highest BCUT2D eigenvalue weighted by Gasteiger charge is 2.59. The monoisotopic (exact) mass is 267 g/mol. The summed E-state index contributed by atoms with van der Waals surface area (Å²) in [7, 11) is 0. The summed E-state index contributed by atoms with van der Waals surface area (Å²) in [5.41, 5.74) is -1.17. The zero-order valence-corrected chi connectivity index (χ0v) is 12.1. The highest BCUT2D eigenvalue weighted by molar-refractivity contribution is 5.79. The minimum absolute atomic E-state index is 0.0501. The molecule has 0 radical (unpaired) electrons. The number of aliphatic hydroxyl groups is 1. The Hall–Kier alpha value is -0.870. The predicted octanol–water partition coefficient (Wildman–Crippen LogP) is 1.63. The van der Waals surface area contributed by atoms with Crippen LogP contribution in [0, 0.1) is 11.3 Å². The van der Waals surface area contributed by atoms with Crippen molar-refractivity contribution in [3.05, 3.63) is 12.2 Å². The molecule has 0 aromatic heterocycles. The lowest BCUT2D eigenvalue weighted by molar-refractivity contribution is -0.238. The number of amides is 1. The molecule has 2 unspecified atom stereocenters. The van der Waals surface area contributed by atoms with Crippen molar-refractivity contribution in [2.24, 2.45) is 11.3 Å². The first-order valence-corrected chi connectivity index (χ1v) is 7.17. The Bertz CT molecular complexity index is 370. The molecule has 1 fully saturated rings. The van der Waals surface area contributed by atoms with E-state index in [9.17, 15) is 9.90 Å². The van der Waals surface area contributed by atoms with Gasteiger partial charge in [-0.3, -0.25) is 4.79 Å². The molecule has 0 spiro atoms. The van der Waals surface area contributed by atoms with Crippen LogP contribution in [0.25, 0.3) is 0 Å². The molecular formula is C15H25NO3. The number of carbonyl (C=O) groups is 1. The average molecular weight is 267 g/mol. The van der Waals surface area contributed by atoms with Gasteiger partial charge in [-0.25, -0.2) is 0 Å². The van der Waals surface area contributed by atoms with Crippen LogP contribution in [0.1, 0.15) is 40.0 Å². The molecule has 2 N–H and O–H groups in total.